The van der Waals surface area contributed by atoms with E-state index in [2.05, 4.69) is 30.4 Å². The van der Waals surface area contributed by atoms with E-state index in [1.807, 2.05) is 12.1 Å². The van der Waals surface area contributed by atoms with Crippen LogP contribution in [0.15, 0.2) is 24.5 Å². The number of halogens is 4. The molecule has 40 heavy (non-hydrogen) atoms. The Balaban J connectivity index is 1.19. The van der Waals surface area contributed by atoms with Gasteiger partial charge in [0, 0.05) is 74.3 Å². The number of amides is 1. The molecule has 0 spiro atoms. The number of hydrogen-bond acceptors (Lipinski definition) is 8. The molecule has 2 aromatic heterocycles. The number of hydrogen-bond donors (Lipinski definition) is 2. The molecule has 3 saturated heterocycles. The van der Waals surface area contributed by atoms with Crippen molar-refractivity contribution < 1.29 is 22.7 Å². The Morgan fingerprint density at radius 1 is 1.15 bits per heavy atom. The van der Waals surface area contributed by atoms with Crippen LogP contribution in [0.1, 0.15) is 47.4 Å². The largest absolute Gasteiger partial charge is 0.451 e. The van der Waals surface area contributed by atoms with Crippen LogP contribution in [0.3, 0.4) is 0 Å². The lowest BCUT2D eigenvalue weighted by Gasteiger charge is -2.35. The molecule has 1 aliphatic carbocycles. The van der Waals surface area contributed by atoms with Crippen molar-refractivity contribution >= 4 is 23.3 Å². The highest BCUT2D eigenvalue weighted by Gasteiger charge is 2.40. The van der Waals surface area contributed by atoms with Crippen LogP contribution in [0.25, 0.3) is 0 Å². The molecule has 2 aromatic rings. The first-order chi connectivity index (χ1) is 19.3. The maximum Gasteiger partial charge on any atom is 0.451 e. The standard InChI is InChI=1S/C27H33ClF3N7O2/c28-19-2-3-20-18(1-4-23(36-20)38-6-5-16-11-32-14-22(16)38)24(19)25(39)33-15-21(37-7-9-40-10-8-37)17-12-34-26(35-13-17)27(29,30)31/h1,4,12-13,16,19,21-22,24,32H,2-3,5-11,14-15H2,(H,33,39). The molecule has 13 heteroatoms. The van der Waals surface area contributed by atoms with Gasteiger partial charge in [-0.1, -0.05) is 6.07 Å². The molecule has 5 unspecified atom stereocenters. The normalized spacial score (nSPS) is 27.8. The minimum absolute atomic E-state index is 0.179. The lowest BCUT2D eigenvalue weighted by Crippen LogP contribution is -2.45. The highest BCUT2D eigenvalue weighted by Crippen LogP contribution is 2.38. The summed E-state index contributed by atoms with van der Waals surface area (Å²) in [6, 6.07) is 4.05. The van der Waals surface area contributed by atoms with Crippen molar-refractivity contribution in [2.75, 3.05) is 57.4 Å². The van der Waals surface area contributed by atoms with Crippen LogP contribution in [0, 0.1) is 5.92 Å². The summed E-state index contributed by atoms with van der Waals surface area (Å²) in [5, 5.41) is 6.13. The summed E-state index contributed by atoms with van der Waals surface area (Å²) >= 11 is 6.73. The average Bonchev–Trinajstić information content (AvgIpc) is 3.58. The number of carbonyl (C=O) groups excluding carboxylic acids is 1. The summed E-state index contributed by atoms with van der Waals surface area (Å²) in [6.45, 7) is 5.32. The molecule has 4 aliphatic rings. The summed E-state index contributed by atoms with van der Waals surface area (Å²) in [6.07, 6.45) is 0.257. The molecule has 0 radical (unpaired) electrons. The molecule has 0 saturated carbocycles. The summed E-state index contributed by atoms with van der Waals surface area (Å²) in [4.78, 5) is 30.1. The van der Waals surface area contributed by atoms with Crippen LogP contribution in [-0.4, -0.2) is 89.7 Å². The molecule has 1 amide bonds. The van der Waals surface area contributed by atoms with Crippen molar-refractivity contribution in [3.63, 3.8) is 0 Å². The summed E-state index contributed by atoms with van der Waals surface area (Å²) < 4.78 is 44.5. The number of rotatable bonds is 6. The van der Waals surface area contributed by atoms with Gasteiger partial charge in [-0.2, -0.15) is 13.2 Å². The van der Waals surface area contributed by atoms with Crippen LogP contribution in [0.5, 0.6) is 0 Å². The Labute approximate surface area is 235 Å². The predicted octanol–water partition coefficient (Wildman–Crippen LogP) is 2.52. The van der Waals surface area contributed by atoms with Gasteiger partial charge in [0.15, 0.2) is 0 Å². The number of ether oxygens (including phenoxy) is 1. The monoisotopic (exact) mass is 579 g/mol. The van der Waals surface area contributed by atoms with E-state index in [0.29, 0.717) is 56.7 Å². The fourth-order valence-corrected chi connectivity index (χ4v) is 6.89. The topological polar surface area (TPSA) is 95.5 Å². The van der Waals surface area contributed by atoms with Gasteiger partial charge in [0.05, 0.1) is 25.2 Å². The Morgan fingerprint density at radius 2 is 1.93 bits per heavy atom. The van der Waals surface area contributed by atoms with Crippen molar-refractivity contribution in [3.8, 4) is 0 Å². The second-order valence-corrected chi connectivity index (χ2v) is 11.5. The van der Waals surface area contributed by atoms with Gasteiger partial charge in [0.2, 0.25) is 11.7 Å². The quantitative estimate of drug-likeness (QED) is 0.504. The lowest BCUT2D eigenvalue weighted by molar-refractivity contribution is -0.145. The van der Waals surface area contributed by atoms with Gasteiger partial charge < -0.3 is 20.3 Å². The molecule has 3 aliphatic heterocycles. The first-order valence-electron chi connectivity index (χ1n) is 13.9. The van der Waals surface area contributed by atoms with E-state index in [9.17, 15) is 18.0 Å². The van der Waals surface area contributed by atoms with Crippen LogP contribution < -0.4 is 15.5 Å². The van der Waals surface area contributed by atoms with E-state index < -0.39 is 24.0 Å². The average molecular weight is 580 g/mol. The molecule has 6 rings (SSSR count). The predicted molar refractivity (Wildman–Crippen MR) is 142 cm³/mol. The number of pyridine rings is 1. The van der Waals surface area contributed by atoms with Crippen molar-refractivity contribution in [3.05, 3.63) is 47.2 Å². The molecular weight excluding hydrogens is 547 g/mol. The minimum atomic E-state index is -4.62. The van der Waals surface area contributed by atoms with Crippen molar-refractivity contribution in [2.45, 2.75) is 48.8 Å². The van der Waals surface area contributed by atoms with E-state index in [4.69, 9.17) is 21.3 Å². The van der Waals surface area contributed by atoms with Crippen molar-refractivity contribution in [1.29, 1.82) is 0 Å². The maximum absolute atomic E-state index is 13.6. The van der Waals surface area contributed by atoms with Crippen molar-refractivity contribution in [2.24, 2.45) is 5.92 Å². The molecule has 5 atom stereocenters. The number of aryl methyl sites for hydroxylation is 1. The summed E-state index contributed by atoms with van der Waals surface area (Å²) in [5.74, 6) is -0.372. The number of alkyl halides is 4. The van der Waals surface area contributed by atoms with E-state index >= 15 is 0 Å². The summed E-state index contributed by atoms with van der Waals surface area (Å²) in [7, 11) is 0. The summed E-state index contributed by atoms with van der Waals surface area (Å²) in [5.41, 5.74) is 2.25. The second-order valence-electron chi connectivity index (χ2n) is 11.0. The van der Waals surface area contributed by atoms with E-state index in [1.54, 1.807) is 0 Å². The Hall–Kier alpha value is -2.54. The van der Waals surface area contributed by atoms with Gasteiger partial charge in [0.25, 0.3) is 0 Å². The third kappa shape index (κ3) is 5.50. The van der Waals surface area contributed by atoms with Gasteiger partial charge in [-0.15, -0.1) is 11.6 Å². The molecule has 5 heterocycles. The fourth-order valence-electron chi connectivity index (χ4n) is 6.53. The minimum Gasteiger partial charge on any atom is -0.379 e. The second kappa shape index (κ2) is 11.4. The Bertz CT molecular complexity index is 1210. The molecule has 216 valence electrons. The molecule has 3 fully saturated rings. The molecule has 0 bridgehead atoms. The van der Waals surface area contributed by atoms with E-state index in [1.165, 1.54) is 12.4 Å². The third-order valence-electron chi connectivity index (χ3n) is 8.64. The number of aromatic nitrogens is 3. The van der Waals surface area contributed by atoms with Crippen molar-refractivity contribution in [1.82, 2.24) is 30.5 Å². The van der Waals surface area contributed by atoms with Gasteiger partial charge >= 0.3 is 6.18 Å². The smallest absolute Gasteiger partial charge is 0.379 e. The number of fused-ring (bicyclic) bond motifs is 2. The molecule has 0 aromatic carbocycles. The first-order valence-corrected chi connectivity index (χ1v) is 14.3. The van der Waals surface area contributed by atoms with E-state index in [-0.39, 0.29) is 17.8 Å². The number of morpholine rings is 1. The third-order valence-corrected chi connectivity index (χ3v) is 9.11. The molecule has 2 N–H and O–H groups in total. The fraction of sp³-hybridized carbons (Fsp3) is 0.630. The Morgan fingerprint density at radius 3 is 2.67 bits per heavy atom. The van der Waals surface area contributed by atoms with Crippen LogP contribution in [-0.2, 0) is 22.1 Å². The van der Waals surface area contributed by atoms with Crippen LogP contribution >= 0.6 is 11.6 Å². The van der Waals surface area contributed by atoms with Gasteiger partial charge in [-0.25, -0.2) is 15.0 Å². The zero-order valence-electron chi connectivity index (χ0n) is 22.0. The zero-order valence-corrected chi connectivity index (χ0v) is 22.8. The molecule has 9 nitrogen and oxygen atoms in total. The molecular formula is C27H33ClF3N7O2. The van der Waals surface area contributed by atoms with Crippen LogP contribution in [0.4, 0.5) is 19.0 Å². The van der Waals surface area contributed by atoms with E-state index in [0.717, 1.165) is 43.1 Å². The van der Waals surface area contributed by atoms with Gasteiger partial charge in [0.1, 0.15) is 5.82 Å². The van der Waals surface area contributed by atoms with Gasteiger partial charge in [-0.3, -0.25) is 9.69 Å². The number of nitrogens with zero attached hydrogens (tertiary/aromatic N) is 5. The maximum atomic E-state index is 13.6. The highest BCUT2D eigenvalue weighted by atomic mass is 35.5. The number of carbonyl (C=O) groups is 1. The van der Waals surface area contributed by atoms with Crippen LogP contribution in [0.2, 0.25) is 0 Å². The number of nitrogens with one attached hydrogen (secondary N) is 2. The SMILES string of the molecule is O=C(NCC(c1cnc(C(F)(F)F)nc1)N1CCOCC1)C1c2ccc(N3CCC4CNCC43)nc2CCC1Cl. The first kappa shape index (κ1) is 27.6. The van der Waals surface area contributed by atoms with Gasteiger partial charge in [-0.05, 0) is 36.8 Å². The lowest BCUT2D eigenvalue weighted by atomic mass is 9.84. The Kier molecular flexibility index (Phi) is 7.86. The number of anilines is 1. The zero-order chi connectivity index (χ0) is 27.9. The highest BCUT2D eigenvalue weighted by molar-refractivity contribution is 6.23.